The molecule has 1 unspecified atom stereocenters. The number of halogens is 2. The molecule has 1 saturated heterocycles. The van der Waals surface area contributed by atoms with Crippen molar-refractivity contribution in [3.8, 4) is 0 Å². The van der Waals surface area contributed by atoms with Crippen molar-refractivity contribution in [2.75, 3.05) is 30.0 Å². The Morgan fingerprint density at radius 2 is 2.16 bits per heavy atom. The number of hydrogen-bond acceptors (Lipinski definition) is 8. The van der Waals surface area contributed by atoms with E-state index in [1.54, 1.807) is 11.8 Å². The number of carbonyl (C=O) groups is 2. The van der Waals surface area contributed by atoms with Crippen molar-refractivity contribution >= 4 is 35.6 Å². The lowest BCUT2D eigenvalue weighted by Crippen LogP contribution is -2.41. The number of hydrogen-bond donors (Lipinski definition) is 4. The Morgan fingerprint density at radius 3 is 2.77 bits per heavy atom. The van der Waals surface area contributed by atoms with Crippen LogP contribution in [0.5, 0.6) is 0 Å². The van der Waals surface area contributed by atoms with Crippen molar-refractivity contribution in [3.05, 3.63) is 11.1 Å². The van der Waals surface area contributed by atoms with Gasteiger partial charge in [0.25, 0.3) is 0 Å². The number of nitrogens with zero attached hydrogens (tertiary/aromatic N) is 4. The Labute approximate surface area is 184 Å². The van der Waals surface area contributed by atoms with E-state index < -0.39 is 23.2 Å². The van der Waals surface area contributed by atoms with E-state index in [9.17, 15) is 24.3 Å². The highest BCUT2D eigenvalue weighted by molar-refractivity contribution is 6.28. The fraction of sp³-hybridized carbons (Fsp3) is 0.684. The number of aromatic nitrogens is 2. The molecule has 0 spiro atoms. The number of aliphatic hydroxyl groups is 1. The maximum Gasteiger partial charge on any atom is 0.243 e. The summed E-state index contributed by atoms with van der Waals surface area (Å²) in [6.45, 7) is 2.06. The summed E-state index contributed by atoms with van der Waals surface area (Å²) in [6.07, 6.45) is 5.34. The van der Waals surface area contributed by atoms with Gasteiger partial charge in [0.2, 0.25) is 23.4 Å². The molecule has 2 atom stereocenters. The van der Waals surface area contributed by atoms with Gasteiger partial charge in [-0.3, -0.25) is 25.6 Å². The minimum absolute atomic E-state index is 0.0699. The van der Waals surface area contributed by atoms with Crippen LogP contribution in [-0.2, 0) is 9.59 Å². The molecule has 0 bridgehead atoms. The number of anilines is 2. The van der Waals surface area contributed by atoms with Crippen molar-refractivity contribution in [3.63, 3.8) is 0 Å². The van der Waals surface area contributed by atoms with Crippen LogP contribution in [0.1, 0.15) is 45.4 Å². The van der Waals surface area contributed by atoms with Crippen LogP contribution in [0.3, 0.4) is 0 Å². The first-order valence-electron chi connectivity index (χ1n) is 10.4. The van der Waals surface area contributed by atoms with Gasteiger partial charge in [0.1, 0.15) is 0 Å². The monoisotopic (exact) mass is 458 g/mol. The molecule has 31 heavy (non-hydrogen) atoms. The molecule has 10 nitrogen and oxygen atoms in total. The molecule has 1 aliphatic heterocycles. The van der Waals surface area contributed by atoms with E-state index in [0.717, 1.165) is 25.7 Å². The van der Waals surface area contributed by atoms with Crippen LogP contribution in [-0.4, -0.2) is 62.9 Å². The number of carbonyl (C=O) groups excluding carboxylic acids is 2. The van der Waals surface area contributed by atoms with E-state index in [0.29, 0.717) is 30.4 Å². The molecule has 172 valence electrons. The quantitative estimate of drug-likeness (QED) is 0.190. The molecule has 1 aliphatic carbocycles. The van der Waals surface area contributed by atoms with Crippen molar-refractivity contribution < 1.29 is 24.3 Å². The first-order valence-corrected chi connectivity index (χ1v) is 10.7. The molecule has 0 aromatic carbocycles. The van der Waals surface area contributed by atoms with E-state index in [1.165, 1.54) is 0 Å². The average Bonchev–Trinajstić information content (AvgIpc) is 3.36. The van der Waals surface area contributed by atoms with Gasteiger partial charge in [-0.25, -0.2) is 5.06 Å². The van der Waals surface area contributed by atoms with E-state index in [4.69, 9.17) is 11.6 Å². The summed E-state index contributed by atoms with van der Waals surface area (Å²) < 4.78 is 15.0. The lowest BCUT2D eigenvalue weighted by molar-refractivity contribution is -0.154. The van der Waals surface area contributed by atoms with Gasteiger partial charge in [-0.15, -0.1) is 0 Å². The molecule has 3 rings (SSSR count). The van der Waals surface area contributed by atoms with Crippen molar-refractivity contribution in [1.29, 1.82) is 0 Å². The summed E-state index contributed by atoms with van der Waals surface area (Å²) in [4.78, 5) is 32.8. The lowest BCUT2D eigenvalue weighted by atomic mass is 9.92. The van der Waals surface area contributed by atoms with E-state index in [2.05, 4.69) is 20.8 Å². The third-order valence-electron chi connectivity index (χ3n) is 5.85. The fourth-order valence-corrected chi connectivity index (χ4v) is 4.40. The molecule has 0 radical (unpaired) electrons. The highest BCUT2D eigenvalue weighted by Crippen LogP contribution is 2.32. The largest absolute Gasteiger partial charge is 0.388 e. The maximum atomic E-state index is 15.0. The summed E-state index contributed by atoms with van der Waals surface area (Å²) in [5.74, 6) is -2.06. The van der Waals surface area contributed by atoms with Crippen molar-refractivity contribution in [2.45, 2.75) is 51.0 Å². The van der Waals surface area contributed by atoms with Crippen molar-refractivity contribution in [2.24, 2.45) is 11.8 Å². The van der Waals surface area contributed by atoms with Crippen LogP contribution < -0.4 is 15.8 Å². The Kier molecular flexibility index (Phi) is 7.50. The molecule has 12 heteroatoms. The van der Waals surface area contributed by atoms with Gasteiger partial charge in [0, 0.05) is 13.1 Å². The molecule has 2 amide bonds. The zero-order valence-corrected chi connectivity index (χ0v) is 18.1. The summed E-state index contributed by atoms with van der Waals surface area (Å²) in [7, 11) is 0. The van der Waals surface area contributed by atoms with Crippen LogP contribution in [0, 0.1) is 17.7 Å². The first kappa shape index (κ1) is 23.4. The Bertz CT molecular complexity index is 808. The Balaban J connectivity index is 1.69. The summed E-state index contributed by atoms with van der Waals surface area (Å²) in [5.41, 5.74) is 3.89. The normalized spacial score (nSPS) is 22.4. The van der Waals surface area contributed by atoms with Crippen LogP contribution in [0.4, 0.5) is 16.0 Å². The number of amides is 2. The predicted molar refractivity (Wildman–Crippen MR) is 111 cm³/mol. The Morgan fingerprint density at radius 1 is 1.45 bits per heavy atom. The smallest absolute Gasteiger partial charge is 0.243 e. The summed E-state index contributed by atoms with van der Waals surface area (Å²) in [5, 5.41) is 19.9. The molecule has 2 fully saturated rings. The number of hydrazine groups is 1. The number of rotatable bonds is 9. The maximum absolute atomic E-state index is 15.0. The zero-order valence-electron chi connectivity index (χ0n) is 17.4. The fourth-order valence-electron chi connectivity index (χ4n) is 4.23. The van der Waals surface area contributed by atoms with E-state index in [-0.39, 0.29) is 36.4 Å². The zero-order chi connectivity index (χ0) is 22.6. The van der Waals surface area contributed by atoms with Gasteiger partial charge in [-0.1, -0.05) is 25.7 Å². The minimum Gasteiger partial charge on any atom is -0.388 e. The molecule has 1 saturated carbocycles. The van der Waals surface area contributed by atoms with Gasteiger partial charge in [-0.05, 0) is 37.3 Å². The second kappa shape index (κ2) is 9.92. The first-order chi connectivity index (χ1) is 14.7. The van der Waals surface area contributed by atoms with Crippen LogP contribution in [0.2, 0.25) is 5.28 Å². The predicted octanol–water partition coefficient (Wildman–Crippen LogP) is 1.72. The molecular formula is C19H28ClFN6O4. The van der Waals surface area contributed by atoms with Gasteiger partial charge >= 0.3 is 0 Å². The van der Waals surface area contributed by atoms with Gasteiger partial charge in [0.15, 0.2) is 11.6 Å². The molecule has 1 aromatic heterocycles. The Hall–Kier alpha value is -2.24. The molecule has 4 N–H and O–H groups in total. The molecule has 1 aromatic rings. The van der Waals surface area contributed by atoms with Crippen molar-refractivity contribution in [1.82, 2.24) is 20.5 Å². The van der Waals surface area contributed by atoms with Gasteiger partial charge in [-0.2, -0.15) is 14.4 Å². The lowest BCUT2D eigenvalue weighted by Gasteiger charge is -2.23. The van der Waals surface area contributed by atoms with Crippen LogP contribution >= 0.6 is 11.6 Å². The highest BCUT2D eigenvalue weighted by atomic mass is 35.5. The van der Waals surface area contributed by atoms with Crippen LogP contribution in [0.25, 0.3) is 0 Å². The SMILES string of the molecule is CC1(O)CCN(c2nc(Cl)nc(NNC(=O)[C@@H](CC3CCCC3)CN(O)C=O)c2F)C1. The number of β-amino-alcohol motifs (C(OH)–C–C–N with tert-alkyl or cyclic N) is 1. The second-order valence-corrected chi connectivity index (χ2v) is 8.91. The molecule has 2 aliphatic rings. The van der Waals surface area contributed by atoms with Gasteiger partial charge in [0.05, 0.1) is 18.1 Å². The number of nitrogens with one attached hydrogen (secondary N) is 2. The standard InChI is InChI=1S/C19H28ClFN6O4/c1-19(30)6-7-26(10-19)16-14(21)15(22-18(20)23-16)24-25-17(29)13(9-27(31)11-28)8-12-4-2-3-5-12/h11-13,30-31H,2-10H2,1H3,(H,25,29)(H,22,23,24)/t13-,19?/m0/s1. The van der Waals surface area contributed by atoms with E-state index >= 15 is 0 Å². The molecular weight excluding hydrogens is 431 g/mol. The van der Waals surface area contributed by atoms with Crippen LogP contribution in [0.15, 0.2) is 0 Å². The highest BCUT2D eigenvalue weighted by Gasteiger charge is 2.34. The summed E-state index contributed by atoms with van der Waals surface area (Å²) in [6, 6.07) is 0. The second-order valence-electron chi connectivity index (χ2n) is 8.57. The third-order valence-corrected chi connectivity index (χ3v) is 6.02. The summed E-state index contributed by atoms with van der Waals surface area (Å²) >= 11 is 5.94. The minimum atomic E-state index is -0.964. The van der Waals surface area contributed by atoms with Gasteiger partial charge < -0.3 is 10.0 Å². The average molecular weight is 459 g/mol. The third kappa shape index (κ3) is 6.14. The van der Waals surface area contributed by atoms with E-state index in [1.807, 2.05) is 0 Å². The molecule has 2 heterocycles. The topological polar surface area (TPSA) is 131 Å². The number of hydroxylamine groups is 2.